The van der Waals surface area contributed by atoms with Crippen LogP contribution in [0.2, 0.25) is 0 Å². The van der Waals surface area contributed by atoms with Crippen molar-refractivity contribution in [3.63, 3.8) is 0 Å². The Kier molecular flexibility index (Phi) is 6.62. The predicted molar refractivity (Wildman–Crippen MR) is 115 cm³/mol. The molecule has 0 spiro atoms. The number of benzene rings is 2. The highest BCUT2D eigenvalue weighted by Crippen LogP contribution is 2.13. The first-order valence-electron chi connectivity index (χ1n) is 8.68. The number of thiophene rings is 1. The van der Waals surface area contributed by atoms with E-state index in [2.05, 4.69) is 10.0 Å². The molecule has 0 saturated carbocycles. The van der Waals surface area contributed by atoms with E-state index < -0.39 is 10.0 Å². The van der Waals surface area contributed by atoms with Crippen LogP contribution in [0.25, 0.3) is 6.08 Å². The number of anilines is 1. The van der Waals surface area contributed by atoms with Gasteiger partial charge in [-0.25, -0.2) is 8.42 Å². The van der Waals surface area contributed by atoms with Crippen LogP contribution in [0.3, 0.4) is 0 Å². The summed E-state index contributed by atoms with van der Waals surface area (Å²) in [6.07, 6.45) is 2.31. The number of hydrogen-bond donors (Lipinski definition) is 2. The Morgan fingerprint density at radius 1 is 0.964 bits per heavy atom. The molecular formula is C21H20N2O3S2. The molecule has 0 fully saturated rings. The fraction of sp³-hybridized carbons (Fsp3) is 0.0952. The first-order chi connectivity index (χ1) is 13.5. The zero-order valence-corrected chi connectivity index (χ0v) is 16.7. The maximum absolute atomic E-state index is 12.2. The average Bonchev–Trinajstić information content (AvgIpc) is 3.21. The lowest BCUT2D eigenvalue weighted by atomic mass is 10.2. The van der Waals surface area contributed by atoms with E-state index in [0.717, 1.165) is 17.4 Å². The molecule has 1 aromatic heterocycles. The van der Waals surface area contributed by atoms with Crippen LogP contribution in [-0.2, 0) is 16.4 Å². The fourth-order valence-electron chi connectivity index (χ4n) is 2.48. The molecule has 0 aliphatic carbocycles. The van der Waals surface area contributed by atoms with Gasteiger partial charge in [0.15, 0.2) is 0 Å². The monoisotopic (exact) mass is 412 g/mol. The molecule has 0 aliphatic rings. The quantitative estimate of drug-likeness (QED) is 0.584. The number of carbonyl (C=O) groups is 1. The zero-order valence-electron chi connectivity index (χ0n) is 15.0. The molecule has 0 unspecified atom stereocenters. The Balaban J connectivity index is 1.54. The van der Waals surface area contributed by atoms with Crippen molar-refractivity contribution in [2.75, 3.05) is 11.3 Å². The van der Waals surface area contributed by atoms with Gasteiger partial charge >= 0.3 is 0 Å². The van der Waals surface area contributed by atoms with E-state index in [1.807, 2.05) is 47.8 Å². The Morgan fingerprint density at radius 2 is 1.71 bits per heavy atom. The van der Waals surface area contributed by atoms with Crippen molar-refractivity contribution >= 4 is 39.0 Å². The number of nitrogens with one attached hydrogen (secondary N) is 2. The van der Waals surface area contributed by atoms with E-state index in [1.165, 1.54) is 11.0 Å². The van der Waals surface area contributed by atoms with Gasteiger partial charge in [0.1, 0.15) is 0 Å². The van der Waals surface area contributed by atoms with Crippen LogP contribution in [0.4, 0.5) is 5.69 Å². The standard InChI is InChI=1S/C21H20N2O3S2/c24-21(22-14-12-20-7-4-15-27-20)18-8-10-19(11-9-18)23-28(25,26)16-13-17-5-2-1-3-6-17/h1-11,13,15-16,23H,12,14H2,(H,22,24)/b16-13+. The van der Waals surface area contributed by atoms with E-state index in [4.69, 9.17) is 0 Å². The summed E-state index contributed by atoms with van der Waals surface area (Å²) in [5, 5.41) is 5.99. The van der Waals surface area contributed by atoms with Crippen molar-refractivity contribution in [2.24, 2.45) is 0 Å². The van der Waals surface area contributed by atoms with Crippen molar-refractivity contribution < 1.29 is 13.2 Å². The molecule has 28 heavy (non-hydrogen) atoms. The molecule has 0 bridgehead atoms. The molecule has 1 amide bonds. The van der Waals surface area contributed by atoms with Crippen molar-refractivity contribution in [1.29, 1.82) is 0 Å². The van der Waals surface area contributed by atoms with Crippen LogP contribution in [-0.4, -0.2) is 20.9 Å². The summed E-state index contributed by atoms with van der Waals surface area (Å²) >= 11 is 1.66. The molecular weight excluding hydrogens is 392 g/mol. The number of rotatable bonds is 8. The minimum Gasteiger partial charge on any atom is -0.352 e. The summed E-state index contributed by atoms with van der Waals surface area (Å²) in [6.45, 7) is 0.554. The molecule has 0 radical (unpaired) electrons. The van der Waals surface area contributed by atoms with Crippen LogP contribution < -0.4 is 10.0 Å². The lowest BCUT2D eigenvalue weighted by Gasteiger charge is -2.07. The third-order valence-corrected chi connectivity index (χ3v) is 5.83. The highest BCUT2D eigenvalue weighted by molar-refractivity contribution is 7.95. The summed E-state index contributed by atoms with van der Waals surface area (Å²) in [4.78, 5) is 13.4. The van der Waals surface area contributed by atoms with Crippen molar-refractivity contribution in [3.8, 4) is 0 Å². The van der Waals surface area contributed by atoms with Gasteiger partial charge in [-0.2, -0.15) is 0 Å². The maximum atomic E-state index is 12.2. The summed E-state index contributed by atoms with van der Waals surface area (Å²) in [7, 11) is -3.64. The zero-order chi connectivity index (χ0) is 19.8. The summed E-state index contributed by atoms with van der Waals surface area (Å²) < 4.78 is 26.8. The van der Waals surface area contributed by atoms with E-state index in [0.29, 0.717) is 17.8 Å². The van der Waals surface area contributed by atoms with Gasteiger partial charge in [0.2, 0.25) is 0 Å². The Hall–Kier alpha value is -2.90. The molecule has 5 nitrogen and oxygen atoms in total. The number of sulfonamides is 1. The smallest absolute Gasteiger partial charge is 0.255 e. The van der Waals surface area contributed by atoms with Crippen LogP contribution in [0, 0.1) is 0 Å². The Bertz CT molecular complexity index is 1030. The normalized spacial score (nSPS) is 11.4. The van der Waals surface area contributed by atoms with Crippen LogP contribution in [0.1, 0.15) is 20.8 Å². The van der Waals surface area contributed by atoms with E-state index >= 15 is 0 Å². The molecule has 0 atom stereocenters. The minimum absolute atomic E-state index is 0.185. The largest absolute Gasteiger partial charge is 0.352 e. The molecule has 7 heteroatoms. The second kappa shape index (κ2) is 9.34. The van der Waals surface area contributed by atoms with Crippen LogP contribution in [0.5, 0.6) is 0 Å². The predicted octanol–water partition coefficient (Wildman–Crippen LogP) is 4.13. The Morgan fingerprint density at radius 3 is 2.39 bits per heavy atom. The summed E-state index contributed by atoms with van der Waals surface area (Å²) in [5.74, 6) is -0.185. The lowest BCUT2D eigenvalue weighted by Crippen LogP contribution is -2.25. The summed E-state index contributed by atoms with van der Waals surface area (Å²) in [5.41, 5.74) is 1.67. The molecule has 0 saturated heterocycles. The second-order valence-corrected chi connectivity index (χ2v) is 8.62. The van der Waals surface area contributed by atoms with Gasteiger partial charge in [0.05, 0.1) is 5.41 Å². The van der Waals surface area contributed by atoms with E-state index in [-0.39, 0.29) is 5.91 Å². The van der Waals surface area contributed by atoms with Gasteiger partial charge in [-0.3, -0.25) is 9.52 Å². The summed E-state index contributed by atoms with van der Waals surface area (Å²) in [6, 6.07) is 19.5. The molecule has 3 rings (SSSR count). The van der Waals surface area contributed by atoms with Crippen molar-refractivity contribution in [1.82, 2.24) is 5.32 Å². The molecule has 2 aromatic carbocycles. The molecule has 1 heterocycles. The SMILES string of the molecule is O=C(NCCc1cccs1)c1ccc(NS(=O)(=O)/C=C/c2ccccc2)cc1. The van der Waals surface area contributed by atoms with Crippen molar-refractivity contribution in [2.45, 2.75) is 6.42 Å². The van der Waals surface area contributed by atoms with Gasteiger partial charge in [-0.1, -0.05) is 36.4 Å². The van der Waals surface area contributed by atoms with E-state index in [1.54, 1.807) is 35.6 Å². The van der Waals surface area contributed by atoms with Crippen molar-refractivity contribution in [3.05, 3.63) is 93.5 Å². The maximum Gasteiger partial charge on any atom is 0.255 e. The van der Waals surface area contributed by atoms with Gasteiger partial charge in [0.25, 0.3) is 15.9 Å². The van der Waals surface area contributed by atoms with Gasteiger partial charge in [-0.05, 0) is 53.8 Å². The molecule has 2 N–H and O–H groups in total. The lowest BCUT2D eigenvalue weighted by molar-refractivity contribution is 0.0954. The average molecular weight is 413 g/mol. The third-order valence-electron chi connectivity index (χ3n) is 3.88. The van der Waals surface area contributed by atoms with Gasteiger partial charge in [-0.15, -0.1) is 11.3 Å². The van der Waals surface area contributed by atoms with Crippen LogP contribution >= 0.6 is 11.3 Å². The first kappa shape index (κ1) is 19.9. The Labute approximate surface area is 168 Å². The van der Waals surface area contributed by atoms with Crippen LogP contribution in [0.15, 0.2) is 77.5 Å². The third kappa shape index (κ3) is 6.07. The second-order valence-electron chi connectivity index (χ2n) is 6.02. The first-order valence-corrected chi connectivity index (χ1v) is 11.1. The molecule has 0 aliphatic heterocycles. The van der Waals surface area contributed by atoms with E-state index in [9.17, 15) is 13.2 Å². The highest BCUT2D eigenvalue weighted by atomic mass is 32.2. The topological polar surface area (TPSA) is 75.3 Å². The number of carbonyl (C=O) groups excluding carboxylic acids is 1. The fourth-order valence-corrected chi connectivity index (χ4v) is 4.05. The molecule has 3 aromatic rings. The highest BCUT2D eigenvalue weighted by Gasteiger charge is 2.08. The minimum atomic E-state index is -3.64. The molecule has 144 valence electrons. The number of hydrogen-bond acceptors (Lipinski definition) is 4. The van der Waals surface area contributed by atoms with Gasteiger partial charge in [0, 0.05) is 22.7 Å². The number of amides is 1. The van der Waals surface area contributed by atoms with Gasteiger partial charge < -0.3 is 5.32 Å².